The van der Waals surface area contributed by atoms with E-state index in [1.165, 1.54) is 157 Å². The Balaban J connectivity index is 0.000000148. The van der Waals surface area contributed by atoms with Crippen LogP contribution < -0.4 is 37.8 Å². The molecule has 36 nitrogen and oxygen atoms in total. The van der Waals surface area contributed by atoms with Crippen LogP contribution in [0.3, 0.4) is 0 Å². The van der Waals surface area contributed by atoms with Gasteiger partial charge in [0.05, 0.1) is 97.6 Å². The van der Waals surface area contributed by atoms with E-state index in [1.807, 2.05) is 41.5 Å². The molecule has 4 N–H and O–H groups in total. The van der Waals surface area contributed by atoms with Gasteiger partial charge in [0, 0.05) is 64.8 Å². The molecule has 0 bridgehead atoms. The Morgan fingerprint density at radius 3 is 0.838 bits per heavy atom. The molecule has 12 aromatic heterocycles. The van der Waals surface area contributed by atoms with Crippen LogP contribution in [0, 0.1) is 82.0 Å². The first-order valence-electron chi connectivity index (χ1n) is 38.2. The van der Waals surface area contributed by atoms with Crippen molar-refractivity contribution < 1.29 is 70.2 Å². The molecule has 0 aliphatic carbocycles. The summed E-state index contributed by atoms with van der Waals surface area (Å²) in [5.41, 5.74) is 6.05. The maximum absolute atomic E-state index is 13.2. The lowest BCUT2D eigenvalue weighted by Crippen LogP contribution is -2.14. The number of halogens is 4. The molecule has 660 valence electrons. The van der Waals surface area contributed by atoms with Gasteiger partial charge in [-0.1, -0.05) is 44.5 Å². The third-order valence-electron chi connectivity index (χ3n) is 17.5. The average molecular weight is 1840 g/mol. The first-order chi connectivity index (χ1) is 62.1. The number of pyridine rings is 4. The average Bonchev–Trinajstić information content (AvgIpc) is 1.53. The number of nitrogens with one attached hydrogen (secondary N) is 4. The number of hydrogen-bond acceptors (Lipinski definition) is 28. The van der Waals surface area contributed by atoms with Crippen LogP contribution in [0.25, 0.3) is 68.1 Å². The Hall–Kier alpha value is -16.2. The maximum Gasteiger partial charge on any atom is 0.262 e. The SMILES string of the molecule is CC#Cc1cnc2ncc(-c3cnc(OC)c(NS(=O)(=O)c4ccc(F)cc4)c3)nn12.CCC#Cc1cnc2ncc(-c3cnc(OC)c(NS(=O)(=O)c4ccc(F)cc4)c3)nn12.COc1ncc(-c2cnc3ncc(C#CC(C)(C)C)n3n2)cc1NS(=O)(=O)c1ccc(F)cc1.COc1ncc(-c2cnc3ncc(C#CC(C)C)n3n2)cc1NS(=O)(=O)c1ccc(F)cc1. The summed E-state index contributed by atoms with van der Waals surface area (Å²) in [5.74, 6) is 23.7. The minimum absolute atomic E-state index is 0.0582. The van der Waals surface area contributed by atoms with Crippen LogP contribution in [0.2, 0.25) is 0 Å². The lowest BCUT2D eigenvalue weighted by Gasteiger charge is -2.12. The first kappa shape index (κ1) is 91.5. The summed E-state index contributed by atoms with van der Waals surface area (Å²) in [6.45, 7) is 13.6. The monoisotopic (exact) mass is 1840 g/mol. The van der Waals surface area contributed by atoms with Gasteiger partial charge in [0.15, 0.2) is 0 Å². The van der Waals surface area contributed by atoms with Crippen LogP contribution >= 0.6 is 0 Å². The highest BCUT2D eigenvalue weighted by atomic mass is 32.2. The summed E-state index contributed by atoms with van der Waals surface area (Å²) in [7, 11) is -10.6. The quantitative estimate of drug-likeness (QED) is 0.0407. The normalized spacial score (nSPS) is 11.3. The van der Waals surface area contributed by atoms with Crippen molar-refractivity contribution in [2.24, 2.45) is 11.3 Å². The van der Waals surface area contributed by atoms with E-state index >= 15 is 0 Å². The second kappa shape index (κ2) is 39.2. The van der Waals surface area contributed by atoms with Crippen LogP contribution in [0.5, 0.6) is 23.5 Å². The van der Waals surface area contributed by atoms with E-state index in [0.29, 0.717) is 97.3 Å². The van der Waals surface area contributed by atoms with E-state index < -0.39 is 63.4 Å². The van der Waals surface area contributed by atoms with Gasteiger partial charge in [-0.2, -0.15) is 38.5 Å². The summed E-state index contributed by atoms with van der Waals surface area (Å²) in [6, 6.07) is 23.9. The molecule has 0 saturated carbocycles. The number of ether oxygens (including phenoxy) is 4. The van der Waals surface area contributed by atoms with Gasteiger partial charge in [0.25, 0.3) is 63.2 Å². The first-order valence-corrected chi connectivity index (χ1v) is 44.2. The Bertz CT molecular complexity index is 7740. The third-order valence-corrected chi connectivity index (χ3v) is 23.0. The van der Waals surface area contributed by atoms with E-state index in [4.69, 9.17) is 18.9 Å². The fraction of sp³-hybridized carbons (Fsp3) is 0.163. The highest BCUT2D eigenvalue weighted by Gasteiger charge is 2.26. The molecular weight excluding hydrogens is 1770 g/mol. The van der Waals surface area contributed by atoms with Crippen LogP contribution in [0.1, 0.15) is 77.7 Å². The number of hydrogen-bond donors (Lipinski definition) is 4. The molecule has 130 heavy (non-hydrogen) atoms. The summed E-state index contributed by atoms with van der Waals surface area (Å²) >= 11 is 0. The predicted molar refractivity (Wildman–Crippen MR) is 469 cm³/mol. The lowest BCUT2D eigenvalue weighted by atomic mass is 9.98. The number of rotatable bonds is 20. The van der Waals surface area contributed by atoms with Crippen molar-refractivity contribution in [1.29, 1.82) is 0 Å². The van der Waals surface area contributed by atoms with Gasteiger partial charge in [0.1, 0.15) is 91.6 Å². The van der Waals surface area contributed by atoms with Gasteiger partial charge in [-0.05, 0) is 173 Å². The van der Waals surface area contributed by atoms with Crippen LogP contribution in [-0.2, 0) is 40.1 Å². The number of benzene rings is 4. The van der Waals surface area contributed by atoms with Crippen LogP contribution in [0.4, 0.5) is 40.3 Å². The fourth-order valence-corrected chi connectivity index (χ4v) is 15.5. The number of imidazole rings is 4. The molecule has 0 aliphatic heterocycles. The third kappa shape index (κ3) is 22.0. The van der Waals surface area contributed by atoms with Crippen molar-refractivity contribution in [2.75, 3.05) is 47.3 Å². The number of methoxy groups -OCH3 is 4. The van der Waals surface area contributed by atoms with E-state index in [1.54, 1.807) is 31.7 Å². The standard InChI is InChI=1S/C23H21FN6O3S.C22H19FN6O3S.C21H17FN6O3S.C20H15FN6O3S/c1-23(2,3)10-9-17-13-26-22-27-14-20(28-30(17)22)15-11-19(21(33-4)25-12-15)29-34(31,32)18-7-5-16(24)6-8-18;1-14(2)4-7-17-12-25-22-26-13-20(27-29(17)22)15-10-19(21(32-3)24-11-15)28-33(30,31)18-8-5-16(23)6-9-18;1-3-4-5-16-12-24-21-25-13-19(26-28(16)21)14-10-18(20(31-2)23-11-14)27-32(29,30)17-8-6-15(22)7-9-17;1-3-4-15-11-23-20-24-12-18(25-27(15)20)13-9-17(19(30-2)22-10-13)26-31(28,29)16-7-5-14(21)6-8-16/h5-8,11-14,29H,1-4H3;5-6,8-14,28H,1-3H3;6-13,27H,3H2,1-2H3;5-12,26H,1-2H3. The Kier molecular flexibility index (Phi) is 27.6. The Morgan fingerprint density at radius 1 is 0.354 bits per heavy atom. The van der Waals surface area contributed by atoms with E-state index in [9.17, 15) is 51.2 Å². The van der Waals surface area contributed by atoms with Crippen molar-refractivity contribution in [3.63, 3.8) is 0 Å². The highest BCUT2D eigenvalue weighted by Crippen LogP contribution is 2.35. The number of sulfonamides is 4. The summed E-state index contributed by atoms with van der Waals surface area (Å²) in [4.78, 5) is 50.2. The molecule has 12 heterocycles. The second-order valence-electron chi connectivity index (χ2n) is 28.3. The van der Waals surface area contributed by atoms with Gasteiger partial charge in [-0.15, -0.1) is 0 Å². The number of aromatic nitrogens is 20. The zero-order valence-electron chi connectivity index (χ0n) is 70.2. The zero-order valence-corrected chi connectivity index (χ0v) is 73.5. The van der Waals surface area contributed by atoms with Gasteiger partial charge in [-0.25, -0.2) is 111 Å². The molecule has 0 unspecified atom stereocenters. The molecule has 16 aromatic rings. The van der Waals surface area contributed by atoms with Gasteiger partial charge < -0.3 is 18.9 Å². The molecule has 4 aromatic carbocycles. The number of anilines is 4. The van der Waals surface area contributed by atoms with Crippen molar-refractivity contribution in [3.05, 3.63) is 242 Å². The van der Waals surface area contributed by atoms with Gasteiger partial charge in [-0.3, -0.25) is 18.9 Å². The van der Waals surface area contributed by atoms with Gasteiger partial charge >= 0.3 is 0 Å². The van der Waals surface area contributed by atoms with E-state index in [0.717, 1.165) is 60.7 Å². The van der Waals surface area contributed by atoms with Crippen molar-refractivity contribution in [1.82, 2.24) is 98.3 Å². The van der Waals surface area contributed by atoms with E-state index in [2.05, 4.69) is 146 Å². The van der Waals surface area contributed by atoms with Gasteiger partial charge in [0.2, 0.25) is 23.5 Å². The Labute approximate surface area is 740 Å². The van der Waals surface area contributed by atoms with Crippen molar-refractivity contribution in [2.45, 2.75) is 74.5 Å². The molecular formula is C86H72F4N24O12S4. The summed E-state index contributed by atoms with van der Waals surface area (Å²) < 4.78 is 191. The largest absolute Gasteiger partial charge is 0.480 e. The number of fused-ring (bicyclic) bond motifs is 4. The minimum atomic E-state index is -4.02. The maximum atomic E-state index is 13.2. The van der Waals surface area contributed by atoms with Crippen molar-refractivity contribution in [3.8, 4) is 116 Å². The molecule has 0 aliphatic rings. The van der Waals surface area contributed by atoms with E-state index in [-0.39, 0.29) is 77.2 Å². The molecule has 0 spiro atoms. The molecule has 0 saturated heterocycles. The second-order valence-corrected chi connectivity index (χ2v) is 35.0. The summed E-state index contributed by atoms with van der Waals surface area (Å²) in [6.07, 6.45) is 18.9. The topological polar surface area (TPSA) is 445 Å². The minimum Gasteiger partial charge on any atom is -0.480 e. The Morgan fingerprint density at radius 2 is 0.600 bits per heavy atom. The lowest BCUT2D eigenvalue weighted by molar-refractivity contribution is 0.400. The summed E-state index contributed by atoms with van der Waals surface area (Å²) in [5, 5.41) is 18.1. The van der Waals surface area contributed by atoms with Crippen LogP contribution in [0.15, 0.2) is 215 Å². The molecule has 0 atom stereocenters. The number of nitrogens with zero attached hydrogens (tertiary/aromatic N) is 20. The smallest absolute Gasteiger partial charge is 0.262 e. The predicted octanol–water partition coefficient (Wildman–Crippen LogP) is 12.1. The highest BCUT2D eigenvalue weighted by molar-refractivity contribution is 7.93. The fourth-order valence-electron chi connectivity index (χ4n) is 11.3. The van der Waals surface area contributed by atoms with Crippen LogP contribution in [-0.4, -0.2) is 160 Å². The van der Waals surface area contributed by atoms with Crippen molar-refractivity contribution >= 4 is 86.0 Å². The molecule has 0 radical (unpaired) electrons. The molecule has 0 amide bonds. The molecule has 0 fully saturated rings. The zero-order chi connectivity index (χ0) is 92.8. The molecule has 16 rings (SSSR count). The molecule has 44 heteroatoms.